The summed E-state index contributed by atoms with van der Waals surface area (Å²) < 4.78 is 0.903. The minimum absolute atomic E-state index is 0.0138. The molecular formula is C19H17BrCl2N2O3. The van der Waals surface area contributed by atoms with Gasteiger partial charge in [0.05, 0.1) is 16.5 Å². The van der Waals surface area contributed by atoms with Crippen molar-refractivity contribution < 1.29 is 14.7 Å². The molecule has 2 amide bonds. The Kier molecular flexibility index (Phi) is 6.29. The van der Waals surface area contributed by atoms with Crippen LogP contribution in [0.2, 0.25) is 10.0 Å². The third-order valence-electron chi connectivity index (χ3n) is 4.42. The van der Waals surface area contributed by atoms with Gasteiger partial charge in [-0.25, -0.2) is 4.79 Å². The van der Waals surface area contributed by atoms with Gasteiger partial charge in [0.1, 0.15) is 0 Å². The van der Waals surface area contributed by atoms with Gasteiger partial charge in [-0.2, -0.15) is 0 Å². The van der Waals surface area contributed by atoms with Crippen molar-refractivity contribution >= 4 is 56.8 Å². The van der Waals surface area contributed by atoms with Crippen molar-refractivity contribution in [3.05, 3.63) is 62.5 Å². The number of carbonyl (C=O) groups is 2. The van der Waals surface area contributed by atoms with Crippen LogP contribution in [0.4, 0.5) is 10.5 Å². The van der Waals surface area contributed by atoms with Crippen LogP contribution in [-0.2, 0) is 11.3 Å². The fraction of sp³-hybridized carbons (Fsp3) is 0.263. The van der Waals surface area contributed by atoms with E-state index in [0.717, 1.165) is 15.7 Å². The molecule has 0 radical (unpaired) electrons. The lowest BCUT2D eigenvalue weighted by Crippen LogP contribution is -2.53. The normalized spacial score (nSPS) is 17.3. The second-order valence-electron chi connectivity index (χ2n) is 6.43. The fourth-order valence-electron chi connectivity index (χ4n) is 3.18. The molecule has 0 bridgehead atoms. The number of halogens is 3. The zero-order valence-electron chi connectivity index (χ0n) is 14.2. The lowest BCUT2D eigenvalue weighted by Gasteiger charge is -2.40. The minimum Gasteiger partial charge on any atom is -0.481 e. The number of carboxylic acid groups (broad SMARTS) is 1. The largest absolute Gasteiger partial charge is 0.481 e. The van der Waals surface area contributed by atoms with Crippen molar-refractivity contribution in [2.75, 3.05) is 18.0 Å². The number of amides is 2. The molecule has 0 spiro atoms. The molecule has 27 heavy (non-hydrogen) atoms. The first-order valence-corrected chi connectivity index (χ1v) is 9.86. The van der Waals surface area contributed by atoms with Crippen molar-refractivity contribution in [2.24, 2.45) is 5.92 Å². The van der Waals surface area contributed by atoms with E-state index < -0.39 is 5.97 Å². The van der Waals surface area contributed by atoms with Crippen LogP contribution in [0.5, 0.6) is 0 Å². The number of hydrogen-bond donors (Lipinski definition) is 1. The number of carbonyl (C=O) groups excluding carboxylic acids is 1. The summed E-state index contributed by atoms with van der Waals surface area (Å²) in [6.07, 6.45) is -0.0138. The number of nitrogens with zero attached hydrogens (tertiary/aromatic N) is 2. The molecule has 1 N–H and O–H groups in total. The Morgan fingerprint density at radius 1 is 1.15 bits per heavy atom. The summed E-state index contributed by atoms with van der Waals surface area (Å²) in [4.78, 5) is 27.5. The molecular weight excluding hydrogens is 455 g/mol. The van der Waals surface area contributed by atoms with E-state index >= 15 is 0 Å². The second kappa shape index (κ2) is 8.50. The maximum Gasteiger partial charge on any atom is 0.324 e. The van der Waals surface area contributed by atoms with Gasteiger partial charge in [0, 0.05) is 35.7 Å². The maximum absolute atomic E-state index is 13.1. The van der Waals surface area contributed by atoms with Crippen LogP contribution in [0.15, 0.2) is 46.9 Å². The van der Waals surface area contributed by atoms with Crippen LogP contribution in [-0.4, -0.2) is 35.1 Å². The first kappa shape index (κ1) is 20.0. The Morgan fingerprint density at radius 2 is 1.85 bits per heavy atom. The molecule has 1 heterocycles. The van der Waals surface area contributed by atoms with Gasteiger partial charge in [-0.3, -0.25) is 9.69 Å². The number of aliphatic carboxylic acids is 1. The van der Waals surface area contributed by atoms with Gasteiger partial charge in [-0.1, -0.05) is 51.3 Å². The lowest BCUT2D eigenvalue weighted by atomic mass is 10.0. The molecule has 0 aromatic heterocycles. The number of urea groups is 1. The van der Waals surface area contributed by atoms with Gasteiger partial charge in [-0.15, -0.1) is 0 Å². The smallest absolute Gasteiger partial charge is 0.324 e. The van der Waals surface area contributed by atoms with Crippen molar-refractivity contribution in [2.45, 2.75) is 13.0 Å². The summed E-state index contributed by atoms with van der Waals surface area (Å²) in [6.45, 7) is 0.967. The number of hydrogen-bond acceptors (Lipinski definition) is 2. The van der Waals surface area contributed by atoms with Gasteiger partial charge >= 0.3 is 12.0 Å². The van der Waals surface area contributed by atoms with E-state index in [1.807, 2.05) is 30.3 Å². The summed E-state index contributed by atoms with van der Waals surface area (Å²) in [7, 11) is 0. The quantitative estimate of drug-likeness (QED) is 0.644. The highest BCUT2D eigenvalue weighted by molar-refractivity contribution is 9.10. The van der Waals surface area contributed by atoms with Crippen LogP contribution in [0.25, 0.3) is 0 Å². The van der Waals surface area contributed by atoms with E-state index in [-0.39, 0.29) is 24.9 Å². The summed E-state index contributed by atoms with van der Waals surface area (Å²) >= 11 is 15.7. The van der Waals surface area contributed by atoms with E-state index in [4.69, 9.17) is 23.2 Å². The predicted molar refractivity (Wildman–Crippen MR) is 109 cm³/mol. The highest BCUT2D eigenvalue weighted by Crippen LogP contribution is 2.30. The van der Waals surface area contributed by atoms with Crippen molar-refractivity contribution in [1.82, 2.24) is 4.90 Å². The van der Waals surface area contributed by atoms with Crippen LogP contribution in [0.3, 0.4) is 0 Å². The third kappa shape index (κ3) is 4.75. The average Bonchev–Trinajstić information content (AvgIpc) is 2.62. The zero-order valence-corrected chi connectivity index (χ0v) is 17.3. The Balaban J connectivity index is 1.89. The van der Waals surface area contributed by atoms with E-state index in [1.165, 1.54) is 0 Å². The molecule has 1 fully saturated rings. The van der Waals surface area contributed by atoms with Crippen molar-refractivity contribution in [1.29, 1.82) is 0 Å². The van der Waals surface area contributed by atoms with E-state index in [0.29, 0.717) is 23.1 Å². The van der Waals surface area contributed by atoms with Gasteiger partial charge in [0.2, 0.25) is 0 Å². The Bertz CT molecular complexity index is 861. The molecule has 142 valence electrons. The Morgan fingerprint density at radius 3 is 2.52 bits per heavy atom. The molecule has 1 atom stereocenters. The fourth-order valence-corrected chi connectivity index (χ4v) is 3.82. The number of carboxylic acids is 1. The van der Waals surface area contributed by atoms with E-state index in [1.54, 1.807) is 21.9 Å². The predicted octanol–water partition coefficient (Wildman–Crippen LogP) is 5.29. The Hall–Kier alpha value is -1.76. The SMILES string of the molecule is O=C(O)CC1CN(Cc2cccc(Cl)c2Cl)C(=O)N(c2ccc(Br)cc2)C1. The van der Waals surface area contributed by atoms with Gasteiger partial charge < -0.3 is 10.0 Å². The number of benzene rings is 2. The van der Waals surface area contributed by atoms with Crippen LogP contribution in [0.1, 0.15) is 12.0 Å². The highest BCUT2D eigenvalue weighted by atomic mass is 79.9. The van der Waals surface area contributed by atoms with Crippen molar-refractivity contribution in [3.8, 4) is 0 Å². The molecule has 2 aromatic carbocycles. The topological polar surface area (TPSA) is 60.9 Å². The lowest BCUT2D eigenvalue weighted by molar-refractivity contribution is -0.138. The zero-order chi connectivity index (χ0) is 19.6. The standard InChI is InChI=1S/C19H17BrCl2N2O3/c20-14-4-6-15(7-5-14)24-10-12(8-17(25)26)9-23(19(24)27)11-13-2-1-3-16(21)18(13)22/h1-7,12H,8-11H2,(H,25,26). The maximum atomic E-state index is 13.1. The van der Waals surface area contributed by atoms with E-state index in [2.05, 4.69) is 15.9 Å². The molecule has 2 aromatic rings. The average molecular weight is 472 g/mol. The first-order chi connectivity index (χ1) is 12.8. The molecule has 1 aliphatic rings. The Labute approximate surface area is 175 Å². The highest BCUT2D eigenvalue weighted by Gasteiger charge is 2.34. The molecule has 5 nitrogen and oxygen atoms in total. The molecule has 1 unspecified atom stereocenters. The molecule has 3 rings (SSSR count). The molecule has 0 saturated carbocycles. The summed E-state index contributed by atoms with van der Waals surface area (Å²) in [5.41, 5.74) is 1.45. The van der Waals surface area contributed by atoms with Gasteiger partial charge in [0.25, 0.3) is 0 Å². The monoisotopic (exact) mass is 470 g/mol. The van der Waals surface area contributed by atoms with Crippen LogP contribution >= 0.6 is 39.1 Å². The molecule has 1 aliphatic heterocycles. The van der Waals surface area contributed by atoms with Gasteiger partial charge in [-0.05, 0) is 35.9 Å². The van der Waals surface area contributed by atoms with Gasteiger partial charge in [0.15, 0.2) is 0 Å². The second-order valence-corrected chi connectivity index (χ2v) is 8.13. The summed E-state index contributed by atoms with van der Waals surface area (Å²) in [6, 6.07) is 12.4. The van der Waals surface area contributed by atoms with E-state index in [9.17, 15) is 14.7 Å². The van der Waals surface area contributed by atoms with Crippen LogP contribution < -0.4 is 4.90 Å². The molecule has 8 heteroatoms. The minimum atomic E-state index is -0.883. The molecule has 1 saturated heterocycles. The summed E-state index contributed by atoms with van der Waals surface area (Å²) in [5, 5.41) is 10.0. The number of anilines is 1. The third-order valence-corrected chi connectivity index (χ3v) is 5.80. The first-order valence-electron chi connectivity index (χ1n) is 8.32. The summed E-state index contributed by atoms with van der Waals surface area (Å²) in [5.74, 6) is -1.08. The molecule has 0 aliphatic carbocycles. The van der Waals surface area contributed by atoms with Crippen molar-refractivity contribution in [3.63, 3.8) is 0 Å². The number of rotatable bonds is 5. The van der Waals surface area contributed by atoms with Crippen LogP contribution in [0, 0.1) is 5.92 Å².